The second-order valence-corrected chi connectivity index (χ2v) is 6.55. The van der Waals surface area contributed by atoms with E-state index >= 15 is 0 Å². The Bertz CT molecular complexity index is 1030. The zero-order valence-electron chi connectivity index (χ0n) is 15.1. The molecule has 0 saturated carbocycles. The number of benzene rings is 2. The number of aromatic nitrogens is 2. The van der Waals surface area contributed by atoms with Gasteiger partial charge in [-0.15, -0.1) is 0 Å². The van der Waals surface area contributed by atoms with E-state index in [-0.39, 0.29) is 11.4 Å². The Kier molecular flexibility index (Phi) is 5.95. The van der Waals surface area contributed by atoms with Gasteiger partial charge < -0.3 is 14.6 Å². The molecule has 2 aromatic carbocycles. The van der Waals surface area contributed by atoms with E-state index in [1.165, 1.54) is 12.3 Å². The van der Waals surface area contributed by atoms with Crippen LogP contribution >= 0.6 is 15.9 Å². The third kappa shape index (κ3) is 4.32. The molecule has 0 radical (unpaired) electrons. The Morgan fingerprint density at radius 1 is 1.18 bits per heavy atom. The fraction of sp³-hybridized carbons (Fsp3) is 0.105. The van der Waals surface area contributed by atoms with Gasteiger partial charge in [0.05, 0.1) is 26.1 Å². The number of rotatable bonds is 6. The summed E-state index contributed by atoms with van der Waals surface area (Å²) in [5.41, 5.74) is 4.42. The molecular weight excluding hydrogens is 428 g/mol. The van der Waals surface area contributed by atoms with Crippen LogP contribution in [-0.2, 0) is 0 Å². The van der Waals surface area contributed by atoms with Crippen molar-refractivity contribution in [2.45, 2.75) is 0 Å². The smallest absolute Gasteiger partial charge is 0.289 e. The van der Waals surface area contributed by atoms with Crippen LogP contribution in [0.25, 0.3) is 11.3 Å². The molecule has 0 bridgehead atoms. The number of methoxy groups -OCH3 is 2. The molecule has 144 valence electrons. The van der Waals surface area contributed by atoms with E-state index in [1.807, 2.05) is 6.07 Å². The summed E-state index contributed by atoms with van der Waals surface area (Å²) in [5.74, 6) is 0.751. The van der Waals surface area contributed by atoms with Crippen LogP contribution in [0, 0.1) is 0 Å². The molecule has 1 amide bonds. The Morgan fingerprint density at radius 3 is 2.71 bits per heavy atom. The van der Waals surface area contributed by atoms with Crippen LogP contribution in [0.2, 0.25) is 0 Å². The van der Waals surface area contributed by atoms with E-state index in [0.717, 1.165) is 10.0 Å². The minimum absolute atomic E-state index is 0.0541. The van der Waals surface area contributed by atoms with Crippen molar-refractivity contribution in [1.82, 2.24) is 15.6 Å². The summed E-state index contributed by atoms with van der Waals surface area (Å²) in [5, 5.41) is 20.5. The standard InChI is InChI=1S/C19H17BrN4O4/c1-27-17-6-3-11(8-18(17)28-2)14-9-15(23-22-14)19(26)24-21-10-12-7-13(20)4-5-16(12)25/h3-10,25H,1-2H3,(H,22,23)(H,24,26). The normalized spacial score (nSPS) is 10.8. The fourth-order valence-electron chi connectivity index (χ4n) is 2.43. The molecular formula is C19H17BrN4O4. The summed E-state index contributed by atoms with van der Waals surface area (Å²) in [4.78, 5) is 12.2. The molecule has 0 fully saturated rings. The van der Waals surface area contributed by atoms with Gasteiger partial charge in [0.2, 0.25) is 0 Å². The lowest BCUT2D eigenvalue weighted by atomic mass is 10.1. The van der Waals surface area contributed by atoms with Crippen LogP contribution in [0.15, 0.2) is 52.0 Å². The van der Waals surface area contributed by atoms with Gasteiger partial charge in [0.15, 0.2) is 11.5 Å². The molecule has 0 saturated heterocycles. The summed E-state index contributed by atoms with van der Waals surface area (Å²) in [7, 11) is 3.11. The van der Waals surface area contributed by atoms with Crippen LogP contribution in [0.5, 0.6) is 17.2 Å². The van der Waals surface area contributed by atoms with E-state index in [9.17, 15) is 9.90 Å². The minimum Gasteiger partial charge on any atom is -0.507 e. The average molecular weight is 445 g/mol. The van der Waals surface area contributed by atoms with Crippen molar-refractivity contribution in [3.05, 3.63) is 58.2 Å². The Morgan fingerprint density at radius 2 is 1.96 bits per heavy atom. The summed E-state index contributed by atoms with van der Waals surface area (Å²) >= 11 is 3.31. The van der Waals surface area contributed by atoms with Crippen molar-refractivity contribution < 1.29 is 19.4 Å². The summed E-state index contributed by atoms with van der Waals surface area (Å²) in [6.07, 6.45) is 1.35. The highest BCUT2D eigenvalue weighted by atomic mass is 79.9. The van der Waals surface area contributed by atoms with E-state index in [1.54, 1.807) is 44.6 Å². The van der Waals surface area contributed by atoms with Gasteiger partial charge >= 0.3 is 0 Å². The highest BCUT2D eigenvalue weighted by Gasteiger charge is 2.12. The lowest BCUT2D eigenvalue weighted by Gasteiger charge is -2.08. The maximum absolute atomic E-state index is 12.2. The number of aromatic hydroxyl groups is 1. The SMILES string of the molecule is COc1ccc(-c2cc(C(=O)NN=Cc3cc(Br)ccc3O)[nH]n2)cc1OC. The molecule has 0 spiro atoms. The van der Waals surface area contributed by atoms with Crippen LogP contribution in [-0.4, -0.2) is 41.6 Å². The van der Waals surface area contributed by atoms with E-state index in [0.29, 0.717) is 22.8 Å². The van der Waals surface area contributed by atoms with Crippen molar-refractivity contribution in [2.75, 3.05) is 14.2 Å². The maximum Gasteiger partial charge on any atom is 0.289 e. The number of carbonyl (C=O) groups is 1. The lowest BCUT2D eigenvalue weighted by molar-refractivity contribution is 0.0950. The highest BCUT2D eigenvalue weighted by Crippen LogP contribution is 2.31. The first-order valence-corrected chi connectivity index (χ1v) is 8.91. The quantitative estimate of drug-likeness (QED) is 0.399. The second-order valence-electron chi connectivity index (χ2n) is 5.64. The number of hydrazone groups is 1. The van der Waals surface area contributed by atoms with Gasteiger partial charge in [0, 0.05) is 15.6 Å². The lowest BCUT2D eigenvalue weighted by Crippen LogP contribution is -2.18. The highest BCUT2D eigenvalue weighted by molar-refractivity contribution is 9.10. The first kappa shape index (κ1) is 19.4. The third-order valence-electron chi connectivity index (χ3n) is 3.86. The molecule has 1 aromatic heterocycles. The molecule has 0 unspecified atom stereocenters. The van der Waals surface area contributed by atoms with Crippen molar-refractivity contribution in [2.24, 2.45) is 5.10 Å². The van der Waals surface area contributed by atoms with Crippen LogP contribution in [0.3, 0.4) is 0 Å². The zero-order chi connectivity index (χ0) is 20.1. The number of nitrogens with zero attached hydrogens (tertiary/aromatic N) is 2. The van der Waals surface area contributed by atoms with Gasteiger partial charge in [-0.2, -0.15) is 10.2 Å². The number of amides is 1. The topological polar surface area (TPSA) is 109 Å². The molecule has 0 atom stereocenters. The van der Waals surface area contributed by atoms with Crippen LogP contribution in [0.1, 0.15) is 16.1 Å². The molecule has 8 nitrogen and oxygen atoms in total. The van der Waals surface area contributed by atoms with Gasteiger partial charge in [-0.05, 0) is 42.5 Å². The number of phenols is 1. The minimum atomic E-state index is -0.468. The number of ether oxygens (including phenoxy) is 2. The van der Waals surface area contributed by atoms with E-state index in [4.69, 9.17) is 9.47 Å². The second kappa shape index (κ2) is 8.57. The number of halogens is 1. The number of hydrogen-bond donors (Lipinski definition) is 3. The zero-order valence-corrected chi connectivity index (χ0v) is 16.6. The molecule has 0 aliphatic rings. The number of carbonyl (C=O) groups excluding carboxylic acids is 1. The summed E-state index contributed by atoms with van der Waals surface area (Å²) in [6.45, 7) is 0. The van der Waals surface area contributed by atoms with Gasteiger partial charge in [-0.25, -0.2) is 5.43 Å². The molecule has 3 aromatic rings. The maximum atomic E-state index is 12.2. The molecule has 9 heteroatoms. The molecule has 1 heterocycles. The average Bonchev–Trinajstić information content (AvgIpc) is 3.20. The number of nitrogens with one attached hydrogen (secondary N) is 2. The summed E-state index contributed by atoms with van der Waals surface area (Å²) in [6, 6.07) is 11.8. The fourth-order valence-corrected chi connectivity index (χ4v) is 2.81. The van der Waals surface area contributed by atoms with Gasteiger partial charge in [-0.3, -0.25) is 9.89 Å². The van der Waals surface area contributed by atoms with Gasteiger partial charge in [-0.1, -0.05) is 15.9 Å². The van der Waals surface area contributed by atoms with Crippen molar-refractivity contribution in [3.8, 4) is 28.5 Å². The van der Waals surface area contributed by atoms with Crippen LogP contribution < -0.4 is 14.9 Å². The predicted octanol–water partition coefficient (Wildman–Crippen LogP) is 3.33. The number of phenolic OH excluding ortho intramolecular Hbond substituents is 1. The number of aromatic amines is 1. The Labute approximate surface area is 169 Å². The predicted molar refractivity (Wildman–Crippen MR) is 108 cm³/mol. The summed E-state index contributed by atoms with van der Waals surface area (Å²) < 4.78 is 11.3. The first-order valence-electron chi connectivity index (χ1n) is 8.11. The molecule has 3 N–H and O–H groups in total. The van der Waals surface area contributed by atoms with Gasteiger partial charge in [0.25, 0.3) is 5.91 Å². The van der Waals surface area contributed by atoms with Crippen molar-refractivity contribution in [3.63, 3.8) is 0 Å². The van der Waals surface area contributed by atoms with Crippen molar-refractivity contribution in [1.29, 1.82) is 0 Å². The van der Waals surface area contributed by atoms with E-state index < -0.39 is 5.91 Å². The van der Waals surface area contributed by atoms with Crippen LogP contribution in [0.4, 0.5) is 0 Å². The molecule has 3 rings (SSSR count). The van der Waals surface area contributed by atoms with E-state index in [2.05, 4.69) is 36.7 Å². The van der Waals surface area contributed by atoms with Gasteiger partial charge in [0.1, 0.15) is 11.4 Å². The number of H-pyrrole nitrogens is 1. The molecule has 0 aliphatic heterocycles. The van der Waals surface area contributed by atoms with Crippen molar-refractivity contribution >= 4 is 28.1 Å². The Balaban J connectivity index is 1.72. The monoisotopic (exact) mass is 444 g/mol. The number of hydrogen-bond acceptors (Lipinski definition) is 6. The largest absolute Gasteiger partial charge is 0.507 e. The molecule has 28 heavy (non-hydrogen) atoms. The Hall–Kier alpha value is -3.33. The first-order chi connectivity index (χ1) is 13.5. The molecule has 0 aliphatic carbocycles. The third-order valence-corrected chi connectivity index (χ3v) is 4.35.